The first-order chi connectivity index (χ1) is 9.00. The number of piperidine rings is 1. The number of likely N-dealkylation sites (tertiary alicyclic amines) is 1. The Bertz CT molecular complexity index is 305. The average molecular weight is 266 g/mol. The molecule has 4 heteroatoms. The third kappa shape index (κ3) is 3.85. The van der Waals surface area contributed by atoms with Gasteiger partial charge in [0.1, 0.15) is 0 Å². The second-order valence-corrected chi connectivity index (χ2v) is 7.16. The van der Waals surface area contributed by atoms with E-state index in [0.29, 0.717) is 11.5 Å². The van der Waals surface area contributed by atoms with Crippen molar-refractivity contribution in [2.45, 2.75) is 65.3 Å². The molecule has 110 valence electrons. The summed E-state index contributed by atoms with van der Waals surface area (Å²) in [7, 11) is 0. The van der Waals surface area contributed by atoms with Crippen molar-refractivity contribution in [2.75, 3.05) is 13.1 Å². The minimum absolute atomic E-state index is 0.422. The number of aliphatic imine (C=N–C) groups is 1. The SMILES string of the molecule is CC(C)(C)C1CCN(C(=NC2CCCC2)NN)CC1. The van der Waals surface area contributed by atoms with Crippen molar-refractivity contribution in [1.29, 1.82) is 0 Å². The van der Waals surface area contributed by atoms with Crippen LogP contribution in [0.1, 0.15) is 59.3 Å². The normalized spacial score (nSPS) is 24.0. The molecule has 2 aliphatic rings. The predicted octanol–water partition coefficient (Wildman–Crippen LogP) is 2.51. The molecule has 1 saturated heterocycles. The standard InChI is InChI=1S/C15H30N4/c1-15(2,3)12-8-10-19(11-9-12)14(18-16)17-13-6-4-5-7-13/h12-13H,4-11,16H2,1-3H3,(H,17,18). The van der Waals surface area contributed by atoms with Gasteiger partial charge in [0.25, 0.3) is 0 Å². The highest BCUT2D eigenvalue weighted by Crippen LogP contribution is 2.34. The molecule has 0 aromatic rings. The van der Waals surface area contributed by atoms with E-state index in [1.54, 1.807) is 0 Å². The molecule has 0 amide bonds. The second-order valence-electron chi connectivity index (χ2n) is 7.16. The molecular formula is C15H30N4. The van der Waals surface area contributed by atoms with Crippen LogP contribution >= 0.6 is 0 Å². The van der Waals surface area contributed by atoms with Crippen LogP contribution in [0.25, 0.3) is 0 Å². The maximum atomic E-state index is 5.68. The molecule has 0 spiro atoms. The van der Waals surface area contributed by atoms with Crippen molar-refractivity contribution >= 4 is 5.96 Å². The molecule has 0 bridgehead atoms. The van der Waals surface area contributed by atoms with Gasteiger partial charge < -0.3 is 4.90 Å². The minimum Gasteiger partial charge on any atom is -0.342 e. The van der Waals surface area contributed by atoms with Crippen LogP contribution in [0, 0.1) is 11.3 Å². The summed E-state index contributed by atoms with van der Waals surface area (Å²) in [5, 5.41) is 0. The maximum Gasteiger partial charge on any atom is 0.208 e. The molecule has 1 aliphatic carbocycles. The van der Waals surface area contributed by atoms with E-state index >= 15 is 0 Å². The molecule has 4 nitrogen and oxygen atoms in total. The molecule has 0 unspecified atom stereocenters. The topological polar surface area (TPSA) is 53.6 Å². The van der Waals surface area contributed by atoms with E-state index < -0.39 is 0 Å². The largest absolute Gasteiger partial charge is 0.342 e. The van der Waals surface area contributed by atoms with Crippen LogP contribution in [-0.4, -0.2) is 30.0 Å². The van der Waals surface area contributed by atoms with Crippen molar-refractivity contribution in [3.05, 3.63) is 0 Å². The summed E-state index contributed by atoms with van der Waals surface area (Å²) in [6, 6.07) is 0.492. The van der Waals surface area contributed by atoms with Gasteiger partial charge in [-0.25, -0.2) is 10.8 Å². The van der Waals surface area contributed by atoms with Gasteiger partial charge >= 0.3 is 0 Å². The van der Waals surface area contributed by atoms with Crippen LogP contribution in [0.15, 0.2) is 4.99 Å². The van der Waals surface area contributed by atoms with E-state index in [1.807, 2.05) is 0 Å². The molecular weight excluding hydrogens is 236 g/mol. The Kier molecular flexibility index (Phi) is 4.71. The Morgan fingerprint density at radius 1 is 1.11 bits per heavy atom. The molecule has 2 fully saturated rings. The van der Waals surface area contributed by atoms with Gasteiger partial charge in [0.05, 0.1) is 6.04 Å². The first-order valence-electron chi connectivity index (χ1n) is 7.80. The van der Waals surface area contributed by atoms with Gasteiger partial charge in [0.15, 0.2) is 0 Å². The molecule has 0 atom stereocenters. The smallest absolute Gasteiger partial charge is 0.208 e. The van der Waals surface area contributed by atoms with Crippen LogP contribution in [-0.2, 0) is 0 Å². The Balaban J connectivity index is 1.91. The van der Waals surface area contributed by atoms with Crippen molar-refractivity contribution in [2.24, 2.45) is 22.2 Å². The van der Waals surface area contributed by atoms with Gasteiger partial charge in [0.2, 0.25) is 5.96 Å². The zero-order valence-corrected chi connectivity index (χ0v) is 12.8. The zero-order valence-electron chi connectivity index (χ0n) is 12.8. The van der Waals surface area contributed by atoms with Crippen molar-refractivity contribution in [3.8, 4) is 0 Å². The zero-order chi connectivity index (χ0) is 13.9. The third-order valence-electron chi connectivity index (χ3n) is 4.78. The fourth-order valence-corrected chi connectivity index (χ4v) is 3.37. The summed E-state index contributed by atoms with van der Waals surface area (Å²) in [4.78, 5) is 7.15. The first kappa shape index (κ1) is 14.6. The number of hydrazine groups is 1. The summed E-state index contributed by atoms with van der Waals surface area (Å²) in [6.45, 7) is 9.21. The van der Waals surface area contributed by atoms with Gasteiger partial charge in [-0.3, -0.25) is 5.43 Å². The second kappa shape index (κ2) is 6.12. The summed E-state index contributed by atoms with van der Waals surface area (Å²) in [5.74, 6) is 7.41. The van der Waals surface area contributed by atoms with E-state index in [4.69, 9.17) is 10.8 Å². The highest BCUT2D eigenvalue weighted by Gasteiger charge is 2.30. The van der Waals surface area contributed by atoms with Crippen LogP contribution in [0.5, 0.6) is 0 Å². The lowest BCUT2D eigenvalue weighted by Crippen LogP contribution is -2.49. The van der Waals surface area contributed by atoms with Gasteiger partial charge in [-0.1, -0.05) is 33.6 Å². The molecule has 1 saturated carbocycles. The Morgan fingerprint density at radius 3 is 2.16 bits per heavy atom. The lowest BCUT2D eigenvalue weighted by atomic mass is 9.75. The van der Waals surface area contributed by atoms with Gasteiger partial charge in [-0.2, -0.15) is 0 Å². The number of nitrogens with one attached hydrogen (secondary N) is 1. The molecule has 0 aromatic carbocycles. The average Bonchev–Trinajstić information content (AvgIpc) is 2.88. The number of nitrogens with two attached hydrogens (primary N) is 1. The predicted molar refractivity (Wildman–Crippen MR) is 80.8 cm³/mol. The van der Waals surface area contributed by atoms with Crippen molar-refractivity contribution in [1.82, 2.24) is 10.3 Å². The molecule has 1 aliphatic heterocycles. The van der Waals surface area contributed by atoms with E-state index in [-0.39, 0.29) is 0 Å². The number of guanidine groups is 1. The molecule has 0 aromatic heterocycles. The lowest BCUT2D eigenvalue weighted by Gasteiger charge is -2.39. The Labute approximate surface area is 117 Å². The van der Waals surface area contributed by atoms with E-state index in [2.05, 4.69) is 31.1 Å². The van der Waals surface area contributed by atoms with Crippen LogP contribution < -0.4 is 11.3 Å². The first-order valence-corrected chi connectivity index (χ1v) is 7.80. The van der Waals surface area contributed by atoms with E-state index in [0.717, 1.165) is 25.0 Å². The van der Waals surface area contributed by atoms with Crippen LogP contribution in [0.2, 0.25) is 0 Å². The summed E-state index contributed by atoms with van der Waals surface area (Å²) in [5.41, 5.74) is 3.25. The monoisotopic (exact) mass is 266 g/mol. The lowest BCUT2D eigenvalue weighted by molar-refractivity contribution is 0.147. The molecule has 2 rings (SSSR count). The molecule has 19 heavy (non-hydrogen) atoms. The molecule has 1 heterocycles. The quantitative estimate of drug-likeness (QED) is 0.332. The Hall–Kier alpha value is -0.770. The van der Waals surface area contributed by atoms with Crippen LogP contribution in [0.4, 0.5) is 0 Å². The number of rotatable bonds is 1. The maximum absolute atomic E-state index is 5.68. The van der Waals surface area contributed by atoms with Crippen LogP contribution in [0.3, 0.4) is 0 Å². The summed E-state index contributed by atoms with van der Waals surface area (Å²) in [6.07, 6.45) is 7.58. The van der Waals surface area contributed by atoms with Gasteiger partial charge in [-0.15, -0.1) is 0 Å². The van der Waals surface area contributed by atoms with Gasteiger partial charge in [-0.05, 0) is 37.0 Å². The van der Waals surface area contributed by atoms with Crippen molar-refractivity contribution in [3.63, 3.8) is 0 Å². The fraction of sp³-hybridized carbons (Fsp3) is 0.933. The van der Waals surface area contributed by atoms with E-state index in [9.17, 15) is 0 Å². The number of hydrogen-bond acceptors (Lipinski definition) is 2. The highest BCUT2D eigenvalue weighted by atomic mass is 15.4. The highest BCUT2D eigenvalue weighted by molar-refractivity contribution is 5.79. The van der Waals surface area contributed by atoms with Crippen molar-refractivity contribution < 1.29 is 0 Å². The summed E-state index contributed by atoms with van der Waals surface area (Å²) >= 11 is 0. The third-order valence-corrected chi connectivity index (χ3v) is 4.78. The number of nitrogens with zero attached hydrogens (tertiary/aromatic N) is 2. The van der Waals surface area contributed by atoms with Gasteiger partial charge in [0, 0.05) is 13.1 Å². The summed E-state index contributed by atoms with van der Waals surface area (Å²) < 4.78 is 0. The fourth-order valence-electron chi connectivity index (χ4n) is 3.37. The molecule has 0 radical (unpaired) electrons. The minimum atomic E-state index is 0.422. The Morgan fingerprint density at radius 2 is 1.68 bits per heavy atom. The number of hydrogen-bond donors (Lipinski definition) is 2. The van der Waals surface area contributed by atoms with E-state index in [1.165, 1.54) is 38.5 Å². The molecule has 3 N–H and O–H groups in total.